The molecule has 13 heteroatoms. The fraction of sp³-hybridized carbons (Fsp3) is 0.0952. The van der Waals surface area contributed by atoms with E-state index in [0.717, 1.165) is 15.0 Å². The zero-order valence-electron chi connectivity index (χ0n) is 17.5. The first-order valence-electron chi connectivity index (χ1n) is 9.45. The molecule has 3 aromatic carbocycles. The van der Waals surface area contributed by atoms with Gasteiger partial charge >= 0.3 is 0 Å². The minimum Gasteiger partial charge on any atom is -0.325 e. The number of halogens is 3. The Hall–Kier alpha value is -2.31. The summed E-state index contributed by atoms with van der Waals surface area (Å²) in [4.78, 5) is 12.5. The molecule has 0 fully saturated rings. The highest BCUT2D eigenvalue weighted by Gasteiger charge is 2.22. The Morgan fingerprint density at radius 1 is 0.882 bits per heavy atom. The van der Waals surface area contributed by atoms with Crippen molar-refractivity contribution in [3.63, 3.8) is 0 Å². The van der Waals surface area contributed by atoms with Crippen molar-refractivity contribution in [2.75, 3.05) is 27.1 Å². The molecule has 3 rings (SSSR count). The summed E-state index contributed by atoms with van der Waals surface area (Å²) in [5.41, 5.74) is 0.809. The lowest BCUT2D eigenvalue weighted by Crippen LogP contribution is -2.37. The Morgan fingerprint density at radius 2 is 1.41 bits per heavy atom. The van der Waals surface area contributed by atoms with E-state index in [2.05, 4.69) is 26.0 Å². The number of sulfonamides is 2. The van der Waals surface area contributed by atoms with E-state index in [1.54, 1.807) is 24.3 Å². The topological polar surface area (TPSA) is 113 Å². The maximum Gasteiger partial charge on any atom is 0.261 e. The fourth-order valence-electron chi connectivity index (χ4n) is 2.86. The van der Waals surface area contributed by atoms with Gasteiger partial charge in [-0.05, 0) is 66.7 Å². The third-order valence-electron chi connectivity index (χ3n) is 4.37. The summed E-state index contributed by atoms with van der Waals surface area (Å²) in [5, 5.41) is 2.97. The Morgan fingerprint density at radius 3 is 1.94 bits per heavy atom. The van der Waals surface area contributed by atoms with E-state index in [9.17, 15) is 21.6 Å². The number of nitrogens with one attached hydrogen (secondary N) is 2. The standard InChI is InChI=1S/C21H18BrCl2N3O5S2/c1-33(29,30)27(19-11-15(23)10-16(24)12-19)13-21(28)25-17-6-8-20(9-7-17)34(31,32)26-18-4-2-14(22)3-5-18/h2-12,26H,13H2,1H3,(H,25,28). The van der Waals surface area contributed by atoms with Crippen molar-refractivity contribution in [2.24, 2.45) is 0 Å². The van der Waals surface area contributed by atoms with E-state index in [0.29, 0.717) is 5.69 Å². The van der Waals surface area contributed by atoms with E-state index in [4.69, 9.17) is 23.2 Å². The summed E-state index contributed by atoms with van der Waals surface area (Å²) in [5.74, 6) is -0.648. The molecule has 34 heavy (non-hydrogen) atoms. The zero-order valence-corrected chi connectivity index (χ0v) is 22.2. The predicted molar refractivity (Wildman–Crippen MR) is 139 cm³/mol. The molecule has 0 heterocycles. The molecule has 180 valence electrons. The van der Waals surface area contributed by atoms with Crippen molar-refractivity contribution < 1.29 is 21.6 Å². The molecule has 0 aliphatic rings. The molecule has 0 aliphatic carbocycles. The maximum absolute atomic E-state index is 12.6. The van der Waals surface area contributed by atoms with Gasteiger partial charge in [-0.1, -0.05) is 39.1 Å². The summed E-state index contributed by atoms with van der Waals surface area (Å²) in [6.07, 6.45) is 0.952. The Kier molecular flexibility index (Phi) is 8.14. The second-order valence-corrected chi connectivity index (χ2v) is 12.5. The van der Waals surface area contributed by atoms with Gasteiger partial charge in [0.15, 0.2) is 0 Å². The van der Waals surface area contributed by atoms with Crippen LogP contribution in [0.3, 0.4) is 0 Å². The molecular weight excluding hydrogens is 589 g/mol. The Balaban J connectivity index is 1.72. The summed E-state index contributed by atoms with van der Waals surface area (Å²) >= 11 is 15.2. The van der Waals surface area contributed by atoms with Crippen molar-refractivity contribution in [1.29, 1.82) is 0 Å². The molecule has 0 radical (unpaired) electrons. The average Bonchev–Trinajstić information content (AvgIpc) is 2.72. The lowest BCUT2D eigenvalue weighted by Gasteiger charge is -2.22. The first-order chi connectivity index (χ1) is 15.8. The van der Waals surface area contributed by atoms with Crippen LogP contribution in [-0.4, -0.2) is 35.5 Å². The van der Waals surface area contributed by atoms with Crippen LogP contribution in [0.2, 0.25) is 10.0 Å². The van der Waals surface area contributed by atoms with Crippen LogP contribution in [-0.2, 0) is 24.8 Å². The maximum atomic E-state index is 12.6. The molecule has 2 N–H and O–H groups in total. The van der Waals surface area contributed by atoms with Gasteiger partial charge in [0, 0.05) is 25.9 Å². The summed E-state index contributed by atoms with van der Waals surface area (Å²) in [6.45, 7) is -0.541. The van der Waals surface area contributed by atoms with Gasteiger partial charge in [0.25, 0.3) is 10.0 Å². The SMILES string of the molecule is CS(=O)(=O)N(CC(=O)Nc1ccc(S(=O)(=O)Nc2ccc(Br)cc2)cc1)c1cc(Cl)cc(Cl)c1. The van der Waals surface area contributed by atoms with Gasteiger partial charge in [0.05, 0.1) is 16.8 Å². The minimum atomic E-state index is -3.84. The fourth-order valence-corrected chi connectivity index (χ4v) is 5.54. The molecule has 0 bridgehead atoms. The summed E-state index contributed by atoms with van der Waals surface area (Å²) in [7, 11) is -7.68. The van der Waals surface area contributed by atoms with Crippen LogP contribution in [0.5, 0.6) is 0 Å². The third kappa shape index (κ3) is 7.09. The molecule has 0 spiro atoms. The number of nitrogens with zero attached hydrogens (tertiary/aromatic N) is 1. The number of benzene rings is 3. The van der Waals surface area contributed by atoms with Crippen molar-refractivity contribution in [2.45, 2.75) is 4.90 Å². The Labute approximate surface area is 216 Å². The lowest BCUT2D eigenvalue weighted by molar-refractivity contribution is -0.114. The van der Waals surface area contributed by atoms with Gasteiger partial charge in [0.1, 0.15) is 6.54 Å². The number of hydrogen-bond acceptors (Lipinski definition) is 5. The van der Waals surface area contributed by atoms with E-state index < -0.39 is 32.5 Å². The average molecular weight is 607 g/mol. The Bertz CT molecular complexity index is 1400. The first kappa shape index (κ1) is 26.3. The van der Waals surface area contributed by atoms with Crippen LogP contribution in [0.25, 0.3) is 0 Å². The monoisotopic (exact) mass is 605 g/mol. The van der Waals surface area contributed by atoms with Gasteiger partial charge in [-0.3, -0.25) is 13.8 Å². The van der Waals surface area contributed by atoms with Crippen LogP contribution in [0.1, 0.15) is 0 Å². The number of rotatable bonds is 8. The molecular formula is C21H18BrCl2N3O5S2. The predicted octanol–water partition coefficient (Wildman–Crippen LogP) is 4.96. The van der Waals surface area contributed by atoms with Gasteiger partial charge in [-0.15, -0.1) is 0 Å². The molecule has 1 amide bonds. The molecule has 0 unspecified atom stereocenters. The van der Waals surface area contributed by atoms with Gasteiger partial charge in [-0.25, -0.2) is 16.8 Å². The second kappa shape index (κ2) is 10.5. The van der Waals surface area contributed by atoms with Crippen molar-refractivity contribution in [1.82, 2.24) is 0 Å². The van der Waals surface area contributed by atoms with Crippen molar-refractivity contribution in [3.05, 3.63) is 81.2 Å². The van der Waals surface area contributed by atoms with E-state index in [1.807, 2.05) is 0 Å². The van der Waals surface area contributed by atoms with E-state index in [1.165, 1.54) is 42.5 Å². The van der Waals surface area contributed by atoms with Crippen LogP contribution in [0.4, 0.5) is 17.1 Å². The smallest absolute Gasteiger partial charge is 0.261 e. The molecule has 0 saturated carbocycles. The second-order valence-electron chi connectivity index (χ2n) is 7.08. The van der Waals surface area contributed by atoms with E-state index >= 15 is 0 Å². The number of carbonyl (C=O) groups excluding carboxylic acids is 1. The lowest BCUT2D eigenvalue weighted by atomic mass is 10.3. The van der Waals surface area contributed by atoms with Crippen molar-refractivity contribution >= 4 is 82.1 Å². The van der Waals surface area contributed by atoms with Crippen molar-refractivity contribution in [3.8, 4) is 0 Å². The normalized spacial score (nSPS) is 11.6. The molecule has 8 nitrogen and oxygen atoms in total. The molecule has 0 saturated heterocycles. The van der Waals surface area contributed by atoms with Gasteiger partial charge in [-0.2, -0.15) is 0 Å². The highest BCUT2D eigenvalue weighted by molar-refractivity contribution is 9.10. The van der Waals surface area contributed by atoms with Gasteiger partial charge in [0.2, 0.25) is 15.9 Å². The van der Waals surface area contributed by atoms with E-state index in [-0.39, 0.29) is 26.3 Å². The third-order valence-corrected chi connectivity index (χ3v) is 7.87. The molecule has 3 aromatic rings. The number of amides is 1. The number of anilines is 3. The van der Waals surface area contributed by atoms with Crippen LogP contribution in [0, 0.1) is 0 Å². The molecule has 0 aliphatic heterocycles. The minimum absolute atomic E-state index is 0.0141. The summed E-state index contributed by atoms with van der Waals surface area (Å²) in [6, 6.07) is 16.2. The quantitative estimate of drug-likeness (QED) is 0.376. The van der Waals surface area contributed by atoms with Crippen LogP contribution >= 0.6 is 39.1 Å². The van der Waals surface area contributed by atoms with Gasteiger partial charge < -0.3 is 5.32 Å². The number of carbonyl (C=O) groups is 1. The zero-order chi connectivity index (χ0) is 25.1. The van der Waals surface area contributed by atoms with Crippen LogP contribution in [0.15, 0.2) is 76.1 Å². The highest BCUT2D eigenvalue weighted by Crippen LogP contribution is 2.27. The molecule has 0 aromatic heterocycles. The largest absolute Gasteiger partial charge is 0.325 e. The first-order valence-corrected chi connectivity index (χ1v) is 14.3. The molecule has 0 atom stereocenters. The summed E-state index contributed by atoms with van der Waals surface area (Å²) < 4.78 is 53.8. The highest BCUT2D eigenvalue weighted by atomic mass is 79.9. The van der Waals surface area contributed by atoms with Crippen LogP contribution < -0.4 is 14.3 Å². The number of hydrogen-bond donors (Lipinski definition) is 2.